The fraction of sp³-hybridized carbons (Fsp3) is 0.158. The van der Waals surface area contributed by atoms with E-state index in [9.17, 15) is 0 Å². The van der Waals surface area contributed by atoms with Gasteiger partial charge in [-0.3, -0.25) is 5.43 Å². The van der Waals surface area contributed by atoms with E-state index in [0.717, 1.165) is 16.8 Å². The molecule has 0 unspecified atom stereocenters. The van der Waals surface area contributed by atoms with Crippen molar-refractivity contribution in [1.29, 1.82) is 0 Å². The van der Waals surface area contributed by atoms with Crippen LogP contribution in [0.4, 0.5) is 5.13 Å². The minimum absolute atomic E-state index is 0.549. The smallest absolute Gasteiger partial charge is 0.203 e. The first-order chi connectivity index (χ1) is 12.7. The molecule has 7 heteroatoms. The molecule has 0 fully saturated rings. The Labute approximate surface area is 156 Å². The van der Waals surface area contributed by atoms with E-state index < -0.39 is 0 Å². The molecule has 0 amide bonds. The van der Waals surface area contributed by atoms with Gasteiger partial charge >= 0.3 is 0 Å². The van der Waals surface area contributed by atoms with Crippen LogP contribution in [0.1, 0.15) is 5.56 Å². The first kappa shape index (κ1) is 17.8. The van der Waals surface area contributed by atoms with Crippen LogP contribution in [0.3, 0.4) is 0 Å². The lowest BCUT2D eigenvalue weighted by Crippen LogP contribution is -1.97. The molecule has 2 aromatic carbocycles. The van der Waals surface area contributed by atoms with E-state index in [2.05, 4.69) is 15.5 Å². The van der Waals surface area contributed by atoms with Crippen molar-refractivity contribution in [2.24, 2.45) is 5.10 Å². The highest BCUT2D eigenvalue weighted by Gasteiger charge is 2.12. The summed E-state index contributed by atoms with van der Waals surface area (Å²) in [5, 5.41) is 6.95. The SMILES string of the molecule is COc1cc(/C=N/Nc2nc(-c3ccccc3)cs2)cc(OC)c1OC. The van der Waals surface area contributed by atoms with Crippen molar-refractivity contribution < 1.29 is 14.2 Å². The molecule has 0 saturated heterocycles. The quantitative estimate of drug-likeness (QED) is 0.497. The summed E-state index contributed by atoms with van der Waals surface area (Å²) < 4.78 is 16.0. The van der Waals surface area contributed by atoms with Crippen molar-refractivity contribution in [3.63, 3.8) is 0 Å². The Bertz CT molecular complexity index is 869. The van der Waals surface area contributed by atoms with E-state index in [1.807, 2.05) is 47.8 Å². The van der Waals surface area contributed by atoms with Gasteiger partial charge in [0.1, 0.15) is 0 Å². The average Bonchev–Trinajstić information content (AvgIpc) is 3.16. The normalized spacial score (nSPS) is 10.7. The Morgan fingerprint density at radius 2 is 1.69 bits per heavy atom. The molecule has 1 heterocycles. The summed E-state index contributed by atoms with van der Waals surface area (Å²) in [5.74, 6) is 1.70. The van der Waals surface area contributed by atoms with Crippen LogP contribution in [-0.4, -0.2) is 32.5 Å². The summed E-state index contributed by atoms with van der Waals surface area (Å²) in [4.78, 5) is 4.53. The first-order valence-electron chi connectivity index (χ1n) is 7.85. The van der Waals surface area contributed by atoms with Gasteiger partial charge in [0.25, 0.3) is 0 Å². The minimum Gasteiger partial charge on any atom is -0.493 e. The van der Waals surface area contributed by atoms with Gasteiger partial charge in [-0.1, -0.05) is 30.3 Å². The van der Waals surface area contributed by atoms with Gasteiger partial charge in [0.15, 0.2) is 11.5 Å². The van der Waals surface area contributed by atoms with Crippen LogP contribution in [0.5, 0.6) is 17.2 Å². The predicted octanol–water partition coefficient (Wildman–Crippen LogP) is 4.28. The second kappa shape index (κ2) is 8.35. The predicted molar refractivity (Wildman–Crippen MR) is 105 cm³/mol. The number of thiazole rings is 1. The monoisotopic (exact) mass is 369 g/mol. The molecule has 0 aliphatic heterocycles. The summed E-state index contributed by atoms with van der Waals surface area (Å²) in [5.41, 5.74) is 5.75. The Morgan fingerprint density at radius 1 is 1.00 bits per heavy atom. The molecule has 6 nitrogen and oxygen atoms in total. The fourth-order valence-electron chi connectivity index (χ4n) is 2.40. The maximum absolute atomic E-state index is 5.34. The first-order valence-corrected chi connectivity index (χ1v) is 8.73. The second-order valence-corrected chi connectivity index (χ2v) is 6.09. The third-order valence-corrected chi connectivity index (χ3v) is 4.38. The van der Waals surface area contributed by atoms with Crippen molar-refractivity contribution in [2.45, 2.75) is 0 Å². The molecule has 3 aromatic rings. The second-order valence-electron chi connectivity index (χ2n) is 5.23. The van der Waals surface area contributed by atoms with Gasteiger partial charge in [-0.05, 0) is 12.1 Å². The number of ether oxygens (including phenoxy) is 3. The van der Waals surface area contributed by atoms with E-state index in [4.69, 9.17) is 14.2 Å². The van der Waals surface area contributed by atoms with Crippen LogP contribution in [0.15, 0.2) is 52.9 Å². The number of nitrogens with one attached hydrogen (secondary N) is 1. The molecule has 3 rings (SSSR count). The fourth-order valence-corrected chi connectivity index (χ4v) is 3.07. The highest BCUT2D eigenvalue weighted by atomic mass is 32.1. The Morgan fingerprint density at radius 3 is 2.31 bits per heavy atom. The maximum atomic E-state index is 5.34. The van der Waals surface area contributed by atoms with Crippen LogP contribution in [-0.2, 0) is 0 Å². The summed E-state index contributed by atoms with van der Waals surface area (Å²) >= 11 is 1.50. The zero-order valence-electron chi connectivity index (χ0n) is 14.7. The molecule has 134 valence electrons. The number of nitrogens with zero attached hydrogens (tertiary/aromatic N) is 2. The summed E-state index contributed by atoms with van der Waals surface area (Å²) in [7, 11) is 4.73. The van der Waals surface area contributed by atoms with Gasteiger partial charge in [0, 0.05) is 16.5 Å². The zero-order valence-corrected chi connectivity index (χ0v) is 15.5. The molecule has 26 heavy (non-hydrogen) atoms. The average molecular weight is 369 g/mol. The molecular formula is C19H19N3O3S. The summed E-state index contributed by atoms with van der Waals surface area (Å²) in [6.07, 6.45) is 1.67. The standard InChI is InChI=1S/C19H19N3O3S/c1-23-16-9-13(10-17(24-2)18(16)25-3)11-20-22-19-21-15(12-26-19)14-7-5-4-6-8-14/h4-12H,1-3H3,(H,21,22)/b20-11+. The molecular weight excluding hydrogens is 350 g/mol. The third-order valence-electron chi connectivity index (χ3n) is 3.63. The molecule has 0 bridgehead atoms. The molecule has 0 aliphatic rings. The van der Waals surface area contributed by atoms with Crippen molar-refractivity contribution in [3.05, 3.63) is 53.4 Å². The van der Waals surface area contributed by atoms with E-state index in [-0.39, 0.29) is 0 Å². The Kier molecular flexibility index (Phi) is 5.70. The number of methoxy groups -OCH3 is 3. The van der Waals surface area contributed by atoms with Crippen LogP contribution in [0, 0.1) is 0 Å². The topological polar surface area (TPSA) is 65.0 Å². The molecule has 1 aromatic heterocycles. The van der Waals surface area contributed by atoms with Gasteiger partial charge < -0.3 is 14.2 Å². The zero-order chi connectivity index (χ0) is 18.4. The molecule has 0 aliphatic carbocycles. The van der Waals surface area contributed by atoms with E-state index in [1.165, 1.54) is 11.3 Å². The van der Waals surface area contributed by atoms with Crippen molar-refractivity contribution >= 4 is 22.7 Å². The number of hydrogen-bond donors (Lipinski definition) is 1. The van der Waals surface area contributed by atoms with Crippen molar-refractivity contribution in [3.8, 4) is 28.5 Å². The summed E-state index contributed by atoms with van der Waals surface area (Å²) in [6.45, 7) is 0. The Balaban J connectivity index is 1.74. The number of rotatable bonds is 7. The molecule has 0 atom stereocenters. The lowest BCUT2D eigenvalue weighted by atomic mass is 10.2. The van der Waals surface area contributed by atoms with Gasteiger partial charge in [0.05, 0.1) is 33.2 Å². The van der Waals surface area contributed by atoms with Gasteiger partial charge in [-0.25, -0.2) is 4.98 Å². The largest absolute Gasteiger partial charge is 0.493 e. The van der Waals surface area contributed by atoms with Crippen LogP contribution < -0.4 is 19.6 Å². The number of aromatic nitrogens is 1. The lowest BCUT2D eigenvalue weighted by Gasteiger charge is -2.12. The van der Waals surface area contributed by atoms with Crippen molar-refractivity contribution in [2.75, 3.05) is 26.8 Å². The summed E-state index contributed by atoms with van der Waals surface area (Å²) in [6, 6.07) is 13.7. The molecule has 0 saturated carbocycles. The van der Waals surface area contributed by atoms with Gasteiger partial charge in [0.2, 0.25) is 10.9 Å². The third kappa shape index (κ3) is 3.94. The number of hydrogen-bond acceptors (Lipinski definition) is 7. The van der Waals surface area contributed by atoms with E-state index in [0.29, 0.717) is 22.4 Å². The highest BCUT2D eigenvalue weighted by molar-refractivity contribution is 7.14. The van der Waals surface area contributed by atoms with Crippen LogP contribution >= 0.6 is 11.3 Å². The van der Waals surface area contributed by atoms with Gasteiger partial charge in [-0.15, -0.1) is 11.3 Å². The molecule has 1 N–H and O–H groups in total. The molecule has 0 spiro atoms. The minimum atomic E-state index is 0.549. The lowest BCUT2D eigenvalue weighted by molar-refractivity contribution is 0.324. The Hall–Kier alpha value is -3.06. The van der Waals surface area contributed by atoms with Crippen molar-refractivity contribution in [1.82, 2.24) is 4.98 Å². The van der Waals surface area contributed by atoms with E-state index in [1.54, 1.807) is 27.5 Å². The maximum Gasteiger partial charge on any atom is 0.203 e. The highest BCUT2D eigenvalue weighted by Crippen LogP contribution is 2.37. The van der Waals surface area contributed by atoms with E-state index >= 15 is 0 Å². The van der Waals surface area contributed by atoms with Crippen LogP contribution in [0.2, 0.25) is 0 Å². The number of benzene rings is 2. The molecule has 0 radical (unpaired) electrons. The van der Waals surface area contributed by atoms with Crippen LogP contribution in [0.25, 0.3) is 11.3 Å². The number of anilines is 1. The van der Waals surface area contributed by atoms with Gasteiger partial charge in [-0.2, -0.15) is 5.10 Å². The number of hydrazone groups is 1.